The summed E-state index contributed by atoms with van der Waals surface area (Å²) < 4.78 is 5.07. The maximum atomic E-state index is 12.1. The first kappa shape index (κ1) is 16.2. The van der Waals surface area contributed by atoms with Crippen LogP contribution in [0.5, 0.6) is 5.75 Å². The van der Waals surface area contributed by atoms with Gasteiger partial charge < -0.3 is 4.74 Å². The number of carbonyl (C=O) groups is 1. The Hall–Kier alpha value is -1.16. The van der Waals surface area contributed by atoms with E-state index in [9.17, 15) is 4.79 Å². The predicted octanol–water partition coefficient (Wildman–Crippen LogP) is 5.12. The van der Waals surface area contributed by atoms with Gasteiger partial charge in [0.25, 0.3) is 0 Å². The first-order valence-electron chi connectivity index (χ1n) is 6.29. The maximum absolute atomic E-state index is 12.1. The van der Waals surface area contributed by atoms with Gasteiger partial charge in [0.1, 0.15) is 5.75 Å². The Labute approximate surface area is 138 Å². The molecule has 0 heterocycles. The minimum Gasteiger partial charge on any atom is -0.495 e. The van der Waals surface area contributed by atoms with E-state index >= 15 is 0 Å². The molecule has 0 N–H and O–H groups in total. The number of Topliss-reactive ketones (excluding diaryl/α,β-unsaturated/α-hetero) is 1. The highest BCUT2D eigenvalue weighted by Gasteiger charge is 2.10. The lowest BCUT2D eigenvalue weighted by molar-refractivity contribution is 0.102. The lowest BCUT2D eigenvalue weighted by Crippen LogP contribution is -2.03. The minimum absolute atomic E-state index is 0.0385. The third kappa shape index (κ3) is 4.40. The molecule has 0 saturated heterocycles. The molecule has 0 atom stereocenters. The van der Waals surface area contributed by atoms with Crippen LogP contribution in [0.3, 0.4) is 0 Å². The smallest absolute Gasteiger partial charge is 0.172 e. The molecule has 0 bridgehead atoms. The molecule has 2 aromatic carbocycles. The Morgan fingerprint density at radius 1 is 1.14 bits per heavy atom. The zero-order valence-electron chi connectivity index (χ0n) is 11.4. The quantitative estimate of drug-likeness (QED) is 0.682. The zero-order chi connectivity index (χ0) is 15.2. The van der Waals surface area contributed by atoms with Crippen LogP contribution >= 0.6 is 35.0 Å². The van der Waals surface area contributed by atoms with Crippen LogP contribution in [0.1, 0.15) is 15.9 Å². The maximum Gasteiger partial charge on any atom is 0.172 e. The molecule has 2 rings (SSSR count). The van der Waals surface area contributed by atoms with Crippen molar-refractivity contribution >= 4 is 40.7 Å². The highest BCUT2D eigenvalue weighted by Crippen LogP contribution is 2.26. The zero-order valence-corrected chi connectivity index (χ0v) is 13.8. The highest BCUT2D eigenvalue weighted by molar-refractivity contribution is 7.99. The summed E-state index contributed by atoms with van der Waals surface area (Å²) in [5, 5.41) is 1.17. The molecule has 0 fully saturated rings. The summed E-state index contributed by atoms with van der Waals surface area (Å²) in [4.78, 5) is 12.1. The normalized spacial score (nSPS) is 10.4. The second-order valence-corrected chi connectivity index (χ2v) is 6.16. The Morgan fingerprint density at radius 3 is 2.57 bits per heavy atom. The topological polar surface area (TPSA) is 26.3 Å². The Morgan fingerprint density at radius 2 is 1.90 bits per heavy atom. The first-order valence-corrected chi connectivity index (χ1v) is 8.20. The van der Waals surface area contributed by atoms with Gasteiger partial charge in [0.2, 0.25) is 0 Å². The number of hydrogen-bond donors (Lipinski definition) is 0. The van der Waals surface area contributed by atoms with Crippen molar-refractivity contribution in [3.63, 3.8) is 0 Å². The van der Waals surface area contributed by atoms with Crippen molar-refractivity contribution in [3.8, 4) is 5.75 Å². The first-order chi connectivity index (χ1) is 10.1. The average Bonchev–Trinajstić information content (AvgIpc) is 2.49. The van der Waals surface area contributed by atoms with E-state index < -0.39 is 0 Å². The largest absolute Gasteiger partial charge is 0.495 e. The molecule has 0 amide bonds. The third-order valence-corrected chi connectivity index (χ3v) is 4.57. The minimum atomic E-state index is 0.0385. The van der Waals surface area contributed by atoms with Gasteiger partial charge in [0.15, 0.2) is 5.78 Å². The van der Waals surface area contributed by atoms with Crippen LogP contribution in [0.4, 0.5) is 0 Å². The number of hydrogen-bond acceptors (Lipinski definition) is 3. The van der Waals surface area contributed by atoms with Crippen molar-refractivity contribution in [2.45, 2.75) is 5.75 Å². The van der Waals surface area contributed by atoms with Crippen LogP contribution in [0, 0.1) is 0 Å². The van der Waals surface area contributed by atoms with Crippen molar-refractivity contribution in [1.82, 2.24) is 0 Å². The molecule has 0 unspecified atom stereocenters. The van der Waals surface area contributed by atoms with Crippen molar-refractivity contribution in [3.05, 3.63) is 63.6 Å². The van der Waals surface area contributed by atoms with Crippen LogP contribution in [0.2, 0.25) is 10.0 Å². The summed E-state index contributed by atoms with van der Waals surface area (Å²) in [5.74, 6) is 1.69. The average molecular weight is 341 g/mol. The molecule has 0 saturated carbocycles. The fraction of sp³-hybridized carbons (Fsp3) is 0.188. The second kappa shape index (κ2) is 7.74. The molecule has 5 heteroatoms. The van der Waals surface area contributed by atoms with Gasteiger partial charge in [0.05, 0.1) is 17.9 Å². The molecule has 0 aliphatic heterocycles. The van der Waals surface area contributed by atoms with Gasteiger partial charge in [-0.1, -0.05) is 41.4 Å². The number of benzene rings is 2. The molecule has 0 radical (unpaired) electrons. The molecular weight excluding hydrogens is 327 g/mol. The molecule has 2 aromatic rings. The van der Waals surface area contributed by atoms with E-state index in [0.717, 1.165) is 10.6 Å². The van der Waals surface area contributed by atoms with Crippen LogP contribution in [0.25, 0.3) is 0 Å². The van der Waals surface area contributed by atoms with Crippen LogP contribution in [-0.2, 0) is 5.75 Å². The van der Waals surface area contributed by atoms with E-state index in [-0.39, 0.29) is 5.78 Å². The van der Waals surface area contributed by atoms with Gasteiger partial charge in [-0.2, -0.15) is 0 Å². The van der Waals surface area contributed by atoms with E-state index in [0.29, 0.717) is 27.8 Å². The summed E-state index contributed by atoms with van der Waals surface area (Å²) >= 11 is 13.6. The number of methoxy groups -OCH3 is 1. The van der Waals surface area contributed by atoms with Crippen LogP contribution < -0.4 is 4.74 Å². The van der Waals surface area contributed by atoms with Gasteiger partial charge in [-0.15, -0.1) is 11.8 Å². The molecule has 21 heavy (non-hydrogen) atoms. The lowest BCUT2D eigenvalue weighted by Gasteiger charge is -2.06. The van der Waals surface area contributed by atoms with Gasteiger partial charge in [-0.3, -0.25) is 4.79 Å². The molecule has 0 aromatic heterocycles. The third-order valence-electron chi connectivity index (χ3n) is 2.92. The fourth-order valence-electron chi connectivity index (χ4n) is 1.79. The SMILES string of the molecule is COc1ccc(C(=O)CSCc2ccccc2Cl)cc1Cl. The monoisotopic (exact) mass is 340 g/mol. The number of halogens is 2. The van der Waals surface area contributed by atoms with E-state index in [2.05, 4.69) is 0 Å². The van der Waals surface area contributed by atoms with Gasteiger partial charge >= 0.3 is 0 Å². The number of rotatable bonds is 6. The fourth-order valence-corrected chi connectivity index (χ4v) is 3.26. The number of carbonyl (C=O) groups excluding carboxylic acids is 1. The second-order valence-electron chi connectivity index (χ2n) is 4.36. The van der Waals surface area contributed by atoms with Gasteiger partial charge in [0, 0.05) is 16.3 Å². The highest BCUT2D eigenvalue weighted by atomic mass is 35.5. The van der Waals surface area contributed by atoms with E-state index in [1.807, 2.05) is 24.3 Å². The van der Waals surface area contributed by atoms with E-state index in [4.69, 9.17) is 27.9 Å². The van der Waals surface area contributed by atoms with Crippen LogP contribution in [0.15, 0.2) is 42.5 Å². The van der Waals surface area contributed by atoms with E-state index in [1.165, 1.54) is 11.8 Å². The van der Waals surface area contributed by atoms with Crippen molar-refractivity contribution in [2.24, 2.45) is 0 Å². The van der Waals surface area contributed by atoms with Gasteiger partial charge in [-0.05, 0) is 29.8 Å². The molecule has 0 aliphatic rings. The van der Waals surface area contributed by atoms with Crippen molar-refractivity contribution < 1.29 is 9.53 Å². The molecule has 0 spiro atoms. The molecule has 2 nitrogen and oxygen atoms in total. The summed E-state index contributed by atoms with van der Waals surface area (Å²) in [6.07, 6.45) is 0. The van der Waals surface area contributed by atoms with Crippen molar-refractivity contribution in [2.75, 3.05) is 12.9 Å². The Balaban J connectivity index is 1.93. The standard InChI is InChI=1S/C16H14Cl2O2S/c1-20-16-7-6-11(8-14(16)18)15(19)10-21-9-12-4-2-3-5-13(12)17/h2-8H,9-10H2,1H3. The predicted molar refractivity (Wildman–Crippen MR) is 89.9 cm³/mol. The summed E-state index contributed by atoms with van der Waals surface area (Å²) in [7, 11) is 1.54. The Bertz CT molecular complexity index is 644. The van der Waals surface area contributed by atoms with Gasteiger partial charge in [-0.25, -0.2) is 0 Å². The van der Waals surface area contributed by atoms with E-state index in [1.54, 1.807) is 25.3 Å². The summed E-state index contributed by atoms with van der Waals surface area (Å²) in [6.45, 7) is 0. The molecule has 110 valence electrons. The van der Waals surface area contributed by atoms with Crippen LogP contribution in [-0.4, -0.2) is 18.6 Å². The van der Waals surface area contributed by atoms with Crippen molar-refractivity contribution in [1.29, 1.82) is 0 Å². The summed E-state index contributed by atoms with van der Waals surface area (Å²) in [6, 6.07) is 12.7. The molecule has 0 aliphatic carbocycles. The summed E-state index contributed by atoms with van der Waals surface area (Å²) in [5.41, 5.74) is 1.62. The number of thioether (sulfide) groups is 1. The molecular formula is C16H14Cl2O2S. The number of ether oxygens (including phenoxy) is 1. The Kier molecular flexibility index (Phi) is 5.97. The number of ketones is 1. The lowest BCUT2D eigenvalue weighted by atomic mass is 10.1.